The third-order valence-electron chi connectivity index (χ3n) is 4.76. The molecule has 0 bridgehead atoms. The molecular formula is C24H27N3O2. The predicted molar refractivity (Wildman–Crippen MR) is 118 cm³/mol. The molecule has 0 fully saturated rings. The number of nitrogens with one attached hydrogen (secondary N) is 1. The van der Waals surface area contributed by atoms with Crippen molar-refractivity contribution < 1.29 is 9.53 Å². The van der Waals surface area contributed by atoms with E-state index in [9.17, 15) is 4.79 Å². The van der Waals surface area contributed by atoms with E-state index in [1.807, 2.05) is 62.4 Å². The van der Waals surface area contributed by atoms with E-state index in [1.54, 1.807) is 18.2 Å². The average molecular weight is 389 g/mol. The second-order valence-electron chi connectivity index (χ2n) is 6.84. The summed E-state index contributed by atoms with van der Waals surface area (Å²) in [6.45, 7) is 5.34. The number of aromatic nitrogens is 1. The lowest BCUT2D eigenvalue weighted by molar-refractivity contribution is 0.0983. The third kappa shape index (κ3) is 5.35. The van der Waals surface area contributed by atoms with Gasteiger partial charge in [-0.2, -0.15) is 0 Å². The summed E-state index contributed by atoms with van der Waals surface area (Å²) in [5.41, 5.74) is 4.55. The standard InChI is InChI=1S/C24H27N3O2/c1-4-27(21-7-5-6-18(2)16-21)24(28)23-17-20(13-15-26-23)25-14-12-19-8-10-22(29-3)11-9-19/h5-11,13,15-17H,4,12,14H2,1-3H3,(H,25,26). The first-order valence-corrected chi connectivity index (χ1v) is 9.82. The fourth-order valence-corrected chi connectivity index (χ4v) is 3.18. The van der Waals surface area contributed by atoms with Gasteiger partial charge in [-0.15, -0.1) is 0 Å². The predicted octanol–water partition coefficient (Wildman–Crippen LogP) is 4.72. The molecule has 3 aromatic rings. The molecule has 150 valence electrons. The van der Waals surface area contributed by atoms with Crippen molar-refractivity contribution in [2.75, 3.05) is 30.4 Å². The van der Waals surface area contributed by atoms with Gasteiger partial charge in [0.05, 0.1) is 7.11 Å². The molecule has 2 aromatic carbocycles. The lowest BCUT2D eigenvalue weighted by Gasteiger charge is -2.21. The molecule has 0 aliphatic carbocycles. The Labute approximate surface area is 172 Å². The van der Waals surface area contributed by atoms with Gasteiger partial charge in [-0.25, -0.2) is 0 Å². The Balaban J connectivity index is 1.65. The first-order valence-electron chi connectivity index (χ1n) is 9.82. The maximum Gasteiger partial charge on any atom is 0.276 e. The van der Waals surface area contributed by atoms with Crippen LogP contribution in [0.2, 0.25) is 0 Å². The Morgan fingerprint density at radius 1 is 1.10 bits per heavy atom. The van der Waals surface area contributed by atoms with E-state index in [2.05, 4.69) is 22.4 Å². The molecule has 0 atom stereocenters. The summed E-state index contributed by atoms with van der Waals surface area (Å²) in [5.74, 6) is 0.755. The summed E-state index contributed by atoms with van der Waals surface area (Å²) in [6.07, 6.45) is 2.55. The Morgan fingerprint density at radius 2 is 1.90 bits per heavy atom. The van der Waals surface area contributed by atoms with Crippen LogP contribution in [0.5, 0.6) is 5.75 Å². The molecule has 29 heavy (non-hydrogen) atoms. The number of hydrogen-bond donors (Lipinski definition) is 1. The summed E-state index contributed by atoms with van der Waals surface area (Å²) >= 11 is 0. The third-order valence-corrected chi connectivity index (χ3v) is 4.76. The maximum atomic E-state index is 13.0. The molecule has 5 nitrogen and oxygen atoms in total. The zero-order chi connectivity index (χ0) is 20.6. The first-order chi connectivity index (χ1) is 14.1. The molecule has 1 heterocycles. The van der Waals surface area contributed by atoms with Gasteiger partial charge in [-0.05, 0) is 67.8 Å². The Bertz CT molecular complexity index is 954. The minimum Gasteiger partial charge on any atom is -0.497 e. The van der Waals surface area contributed by atoms with Crippen LogP contribution in [0.15, 0.2) is 66.9 Å². The van der Waals surface area contributed by atoms with E-state index in [1.165, 1.54) is 5.56 Å². The smallest absolute Gasteiger partial charge is 0.276 e. The van der Waals surface area contributed by atoms with Crippen LogP contribution in [0, 0.1) is 6.92 Å². The quantitative estimate of drug-likeness (QED) is 0.606. The van der Waals surface area contributed by atoms with Gasteiger partial charge in [-0.3, -0.25) is 9.78 Å². The molecule has 0 radical (unpaired) electrons. The van der Waals surface area contributed by atoms with Gasteiger partial charge < -0.3 is 15.0 Å². The second kappa shape index (κ2) is 9.73. The molecule has 0 aliphatic heterocycles. The first kappa shape index (κ1) is 20.4. The highest BCUT2D eigenvalue weighted by Crippen LogP contribution is 2.19. The topological polar surface area (TPSA) is 54.5 Å². The number of methoxy groups -OCH3 is 1. The highest BCUT2D eigenvalue weighted by atomic mass is 16.5. The highest BCUT2D eigenvalue weighted by Gasteiger charge is 2.17. The van der Waals surface area contributed by atoms with Gasteiger partial charge in [0.2, 0.25) is 0 Å². The molecule has 1 aromatic heterocycles. The van der Waals surface area contributed by atoms with Crippen molar-refractivity contribution in [3.05, 3.63) is 83.7 Å². The van der Waals surface area contributed by atoms with Crippen LogP contribution in [-0.2, 0) is 6.42 Å². The minimum atomic E-state index is -0.100. The lowest BCUT2D eigenvalue weighted by atomic mass is 10.1. The van der Waals surface area contributed by atoms with Crippen molar-refractivity contribution >= 4 is 17.3 Å². The van der Waals surface area contributed by atoms with Crippen molar-refractivity contribution in [3.63, 3.8) is 0 Å². The van der Waals surface area contributed by atoms with Gasteiger partial charge in [0.25, 0.3) is 5.91 Å². The molecule has 3 rings (SSSR count). The van der Waals surface area contributed by atoms with Crippen molar-refractivity contribution in [1.29, 1.82) is 0 Å². The van der Waals surface area contributed by atoms with Crippen LogP contribution in [0.4, 0.5) is 11.4 Å². The summed E-state index contributed by atoms with van der Waals surface area (Å²) in [6, 6.07) is 19.7. The van der Waals surface area contributed by atoms with Gasteiger partial charge in [-0.1, -0.05) is 24.3 Å². The number of ether oxygens (including phenoxy) is 1. The molecule has 0 unspecified atom stereocenters. The monoisotopic (exact) mass is 389 g/mol. The Kier molecular flexibility index (Phi) is 6.85. The van der Waals surface area contributed by atoms with Crippen LogP contribution in [0.1, 0.15) is 28.5 Å². The van der Waals surface area contributed by atoms with Gasteiger partial charge >= 0.3 is 0 Å². The van der Waals surface area contributed by atoms with E-state index < -0.39 is 0 Å². The minimum absolute atomic E-state index is 0.100. The largest absolute Gasteiger partial charge is 0.497 e. The Hall–Kier alpha value is -3.34. The average Bonchev–Trinajstić information content (AvgIpc) is 2.75. The van der Waals surface area contributed by atoms with E-state index in [0.29, 0.717) is 12.2 Å². The summed E-state index contributed by atoms with van der Waals surface area (Å²) in [5, 5.41) is 3.38. The van der Waals surface area contributed by atoms with Crippen LogP contribution in [0.25, 0.3) is 0 Å². The number of rotatable bonds is 8. The van der Waals surface area contributed by atoms with Crippen molar-refractivity contribution in [2.45, 2.75) is 20.3 Å². The fraction of sp³-hybridized carbons (Fsp3) is 0.250. The molecular weight excluding hydrogens is 362 g/mol. The number of amides is 1. The van der Waals surface area contributed by atoms with Gasteiger partial charge in [0, 0.05) is 30.7 Å². The van der Waals surface area contributed by atoms with Crippen LogP contribution in [-0.4, -0.2) is 31.1 Å². The van der Waals surface area contributed by atoms with Crippen molar-refractivity contribution in [2.24, 2.45) is 0 Å². The van der Waals surface area contributed by atoms with Crippen molar-refractivity contribution in [1.82, 2.24) is 4.98 Å². The zero-order valence-corrected chi connectivity index (χ0v) is 17.2. The molecule has 0 saturated carbocycles. The summed E-state index contributed by atoms with van der Waals surface area (Å²) < 4.78 is 5.19. The SMILES string of the molecule is CCN(C(=O)c1cc(NCCc2ccc(OC)cc2)ccn1)c1cccc(C)c1. The molecule has 0 saturated heterocycles. The summed E-state index contributed by atoms with van der Waals surface area (Å²) in [7, 11) is 1.66. The fourth-order valence-electron chi connectivity index (χ4n) is 3.18. The number of carbonyl (C=O) groups excluding carboxylic acids is 1. The number of aryl methyl sites for hydroxylation is 1. The van der Waals surface area contributed by atoms with Crippen LogP contribution < -0.4 is 15.0 Å². The summed E-state index contributed by atoms with van der Waals surface area (Å²) in [4.78, 5) is 19.1. The second-order valence-corrected chi connectivity index (χ2v) is 6.84. The number of carbonyl (C=O) groups is 1. The van der Waals surface area contributed by atoms with E-state index in [-0.39, 0.29) is 5.91 Å². The number of benzene rings is 2. The number of pyridine rings is 1. The molecule has 1 amide bonds. The van der Waals surface area contributed by atoms with Gasteiger partial charge in [0.1, 0.15) is 11.4 Å². The van der Waals surface area contributed by atoms with Crippen molar-refractivity contribution in [3.8, 4) is 5.75 Å². The molecule has 0 spiro atoms. The maximum absolute atomic E-state index is 13.0. The number of hydrogen-bond acceptors (Lipinski definition) is 4. The zero-order valence-electron chi connectivity index (χ0n) is 17.2. The number of anilines is 2. The van der Waals surface area contributed by atoms with Crippen LogP contribution >= 0.6 is 0 Å². The molecule has 5 heteroatoms. The van der Waals surface area contributed by atoms with Gasteiger partial charge in [0.15, 0.2) is 0 Å². The lowest BCUT2D eigenvalue weighted by Crippen LogP contribution is -2.31. The van der Waals surface area contributed by atoms with E-state index in [4.69, 9.17) is 4.74 Å². The molecule has 1 N–H and O–H groups in total. The number of nitrogens with zero attached hydrogens (tertiary/aromatic N) is 2. The molecule has 0 aliphatic rings. The normalized spacial score (nSPS) is 10.4. The van der Waals surface area contributed by atoms with E-state index >= 15 is 0 Å². The highest BCUT2D eigenvalue weighted by molar-refractivity contribution is 6.05. The van der Waals surface area contributed by atoms with E-state index in [0.717, 1.165) is 35.7 Å². The van der Waals surface area contributed by atoms with Crippen LogP contribution in [0.3, 0.4) is 0 Å². The Morgan fingerprint density at radius 3 is 2.59 bits per heavy atom.